The highest BCUT2D eigenvalue weighted by atomic mass is 16.3. The second-order valence-corrected chi connectivity index (χ2v) is 6.25. The molecule has 0 bridgehead atoms. The number of hydrogen-bond acceptors (Lipinski definition) is 3. The second-order valence-electron chi connectivity index (χ2n) is 6.25. The van der Waals surface area contributed by atoms with Gasteiger partial charge in [-0.3, -0.25) is 9.59 Å². The second kappa shape index (κ2) is 5.20. The minimum Gasteiger partial charge on any atom is -0.469 e. The number of amides is 2. The van der Waals surface area contributed by atoms with E-state index in [2.05, 4.69) is 0 Å². The first-order valence-electron chi connectivity index (χ1n) is 7.63. The third-order valence-corrected chi connectivity index (χ3v) is 5.05. The minimum absolute atomic E-state index is 0.0201. The van der Waals surface area contributed by atoms with Gasteiger partial charge < -0.3 is 14.2 Å². The van der Waals surface area contributed by atoms with Crippen molar-refractivity contribution < 1.29 is 14.0 Å². The van der Waals surface area contributed by atoms with Crippen LogP contribution in [0.3, 0.4) is 0 Å². The monoisotopic (exact) mass is 290 g/mol. The lowest BCUT2D eigenvalue weighted by Crippen LogP contribution is -2.61. The number of nitrogens with zero attached hydrogens (tertiary/aromatic N) is 2. The maximum atomic E-state index is 12.7. The summed E-state index contributed by atoms with van der Waals surface area (Å²) in [7, 11) is 1.89. The van der Waals surface area contributed by atoms with Gasteiger partial charge in [0.2, 0.25) is 5.91 Å². The largest absolute Gasteiger partial charge is 0.469 e. The fourth-order valence-corrected chi connectivity index (χ4v) is 3.71. The smallest absolute Gasteiger partial charge is 0.257 e. The first kappa shape index (κ1) is 14.2. The van der Waals surface area contributed by atoms with E-state index >= 15 is 0 Å². The molecule has 0 aromatic carbocycles. The molecule has 114 valence electrons. The Kier molecular flexibility index (Phi) is 3.51. The van der Waals surface area contributed by atoms with E-state index < -0.39 is 0 Å². The highest BCUT2D eigenvalue weighted by Gasteiger charge is 2.44. The van der Waals surface area contributed by atoms with Crippen molar-refractivity contribution in [2.24, 2.45) is 0 Å². The van der Waals surface area contributed by atoms with Crippen LogP contribution in [0, 0.1) is 6.92 Å². The van der Waals surface area contributed by atoms with E-state index in [1.807, 2.05) is 23.8 Å². The van der Waals surface area contributed by atoms with Crippen LogP contribution in [-0.2, 0) is 4.79 Å². The number of piperidine rings is 2. The van der Waals surface area contributed by atoms with Gasteiger partial charge in [0.15, 0.2) is 0 Å². The standard InChI is InChI=1S/C16H22N2O3/c1-12-13(6-10-21-12)15(20)18-9-4-8-16(11-18)7-3-5-14(19)17(16)2/h6,10H,3-5,7-9,11H2,1-2H3/t16-/m1/s1. The lowest BCUT2D eigenvalue weighted by molar-refractivity contribution is -0.142. The Bertz CT molecular complexity index is 562. The Morgan fingerprint density at radius 1 is 1.33 bits per heavy atom. The summed E-state index contributed by atoms with van der Waals surface area (Å²) in [5.41, 5.74) is 0.470. The van der Waals surface area contributed by atoms with Crippen LogP contribution in [0.2, 0.25) is 0 Å². The van der Waals surface area contributed by atoms with Crippen LogP contribution in [-0.4, -0.2) is 47.3 Å². The molecule has 0 unspecified atom stereocenters. The SMILES string of the molecule is Cc1occc1C(=O)N1CCC[C@]2(CCCC(=O)N2C)C1. The fourth-order valence-electron chi connectivity index (χ4n) is 3.71. The molecule has 2 aliphatic heterocycles. The molecule has 0 radical (unpaired) electrons. The molecular weight excluding hydrogens is 268 g/mol. The molecule has 2 aliphatic rings. The van der Waals surface area contributed by atoms with Gasteiger partial charge in [-0.1, -0.05) is 0 Å². The van der Waals surface area contributed by atoms with E-state index in [0.29, 0.717) is 24.3 Å². The molecule has 0 saturated carbocycles. The zero-order valence-corrected chi connectivity index (χ0v) is 12.7. The summed E-state index contributed by atoms with van der Waals surface area (Å²) < 4.78 is 5.24. The van der Waals surface area contributed by atoms with Crippen molar-refractivity contribution in [3.8, 4) is 0 Å². The van der Waals surface area contributed by atoms with E-state index in [1.165, 1.54) is 0 Å². The summed E-state index contributed by atoms with van der Waals surface area (Å²) in [4.78, 5) is 28.5. The maximum absolute atomic E-state index is 12.7. The molecule has 2 fully saturated rings. The third-order valence-electron chi connectivity index (χ3n) is 5.05. The average molecular weight is 290 g/mol. The number of furan rings is 1. The number of aryl methyl sites for hydroxylation is 1. The highest BCUT2D eigenvalue weighted by Crippen LogP contribution is 2.36. The Balaban J connectivity index is 1.81. The molecule has 0 aliphatic carbocycles. The van der Waals surface area contributed by atoms with Crippen molar-refractivity contribution in [3.05, 3.63) is 23.7 Å². The van der Waals surface area contributed by atoms with Crippen molar-refractivity contribution >= 4 is 11.8 Å². The Morgan fingerprint density at radius 2 is 2.10 bits per heavy atom. The molecule has 5 nitrogen and oxygen atoms in total. The van der Waals surface area contributed by atoms with Gasteiger partial charge >= 0.3 is 0 Å². The molecule has 1 aromatic heterocycles. The van der Waals surface area contributed by atoms with Gasteiger partial charge in [0.25, 0.3) is 5.91 Å². The Morgan fingerprint density at radius 3 is 2.81 bits per heavy atom. The van der Waals surface area contributed by atoms with Crippen LogP contribution in [0.5, 0.6) is 0 Å². The Labute approximate surface area is 124 Å². The van der Waals surface area contributed by atoms with Crippen LogP contribution in [0.25, 0.3) is 0 Å². The number of likely N-dealkylation sites (N-methyl/N-ethyl adjacent to an activating group) is 1. The minimum atomic E-state index is -0.166. The molecular formula is C16H22N2O3. The van der Waals surface area contributed by atoms with E-state index in [0.717, 1.165) is 32.2 Å². The van der Waals surface area contributed by atoms with Crippen molar-refractivity contribution in [3.63, 3.8) is 0 Å². The molecule has 1 atom stereocenters. The van der Waals surface area contributed by atoms with Gasteiger partial charge in [0, 0.05) is 26.6 Å². The summed E-state index contributed by atoms with van der Waals surface area (Å²) in [5.74, 6) is 0.884. The van der Waals surface area contributed by atoms with Gasteiger partial charge in [-0.15, -0.1) is 0 Å². The number of carbonyl (C=O) groups excluding carboxylic acids is 2. The molecule has 1 spiro atoms. The summed E-state index contributed by atoms with van der Waals surface area (Å²) in [5, 5.41) is 0. The van der Waals surface area contributed by atoms with Crippen molar-refractivity contribution in [1.29, 1.82) is 0 Å². The van der Waals surface area contributed by atoms with Crippen LogP contribution in [0.4, 0.5) is 0 Å². The molecule has 2 saturated heterocycles. The first-order chi connectivity index (χ1) is 10.0. The van der Waals surface area contributed by atoms with Crippen molar-refractivity contribution in [1.82, 2.24) is 9.80 Å². The van der Waals surface area contributed by atoms with Gasteiger partial charge in [0.05, 0.1) is 17.4 Å². The van der Waals surface area contributed by atoms with Crippen LogP contribution in [0.1, 0.15) is 48.2 Å². The highest BCUT2D eigenvalue weighted by molar-refractivity contribution is 5.95. The number of hydrogen-bond donors (Lipinski definition) is 0. The zero-order chi connectivity index (χ0) is 15.0. The van der Waals surface area contributed by atoms with Gasteiger partial charge in [-0.25, -0.2) is 0 Å². The maximum Gasteiger partial charge on any atom is 0.257 e. The van der Waals surface area contributed by atoms with Gasteiger partial charge in [-0.2, -0.15) is 0 Å². The van der Waals surface area contributed by atoms with Crippen LogP contribution in [0.15, 0.2) is 16.7 Å². The van der Waals surface area contributed by atoms with E-state index in [4.69, 9.17) is 4.42 Å². The molecule has 2 amide bonds. The van der Waals surface area contributed by atoms with Crippen molar-refractivity contribution in [2.45, 2.75) is 44.6 Å². The van der Waals surface area contributed by atoms with Crippen LogP contribution < -0.4 is 0 Å². The summed E-state index contributed by atoms with van der Waals surface area (Å²) in [6.45, 7) is 3.20. The average Bonchev–Trinajstić information content (AvgIpc) is 2.90. The van der Waals surface area contributed by atoms with E-state index in [1.54, 1.807) is 12.3 Å². The molecule has 3 rings (SSSR count). The van der Waals surface area contributed by atoms with E-state index in [9.17, 15) is 9.59 Å². The molecule has 1 aromatic rings. The number of likely N-dealkylation sites (tertiary alicyclic amines) is 2. The molecule has 21 heavy (non-hydrogen) atoms. The Hall–Kier alpha value is -1.78. The van der Waals surface area contributed by atoms with Crippen molar-refractivity contribution in [2.75, 3.05) is 20.1 Å². The lowest BCUT2D eigenvalue weighted by Gasteiger charge is -2.50. The van der Waals surface area contributed by atoms with Gasteiger partial charge in [-0.05, 0) is 38.7 Å². The quantitative estimate of drug-likeness (QED) is 0.797. The predicted molar refractivity (Wildman–Crippen MR) is 77.9 cm³/mol. The third kappa shape index (κ3) is 2.34. The topological polar surface area (TPSA) is 53.8 Å². The van der Waals surface area contributed by atoms with Gasteiger partial charge in [0.1, 0.15) is 5.76 Å². The summed E-state index contributed by atoms with van der Waals surface area (Å²) >= 11 is 0. The predicted octanol–water partition coefficient (Wildman–Crippen LogP) is 2.21. The fraction of sp³-hybridized carbons (Fsp3) is 0.625. The van der Waals surface area contributed by atoms with E-state index in [-0.39, 0.29) is 17.4 Å². The summed E-state index contributed by atoms with van der Waals surface area (Å²) in [6, 6.07) is 1.73. The normalized spacial score (nSPS) is 26.5. The molecule has 0 N–H and O–H groups in total. The number of rotatable bonds is 1. The number of carbonyl (C=O) groups is 2. The zero-order valence-electron chi connectivity index (χ0n) is 12.7. The molecule has 3 heterocycles. The first-order valence-corrected chi connectivity index (χ1v) is 7.63. The molecule has 5 heteroatoms. The van der Waals surface area contributed by atoms with Crippen LogP contribution >= 0.6 is 0 Å². The lowest BCUT2D eigenvalue weighted by atomic mass is 9.80. The summed E-state index contributed by atoms with van der Waals surface area (Å²) in [6.07, 6.45) is 6.04.